The molecule has 1 aliphatic carbocycles. The van der Waals surface area contributed by atoms with E-state index in [1.807, 2.05) is 37.3 Å². The molecule has 0 saturated heterocycles. The molecule has 0 spiro atoms. The predicted octanol–water partition coefficient (Wildman–Crippen LogP) is 4.99. The number of aryl methyl sites for hydroxylation is 1. The van der Waals surface area contributed by atoms with Gasteiger partial charge in [0.25, 0.3) is 0 Å². The summed E-state index contributed by atoms with van der Waals surface area (Å²) in [5.41, 5.74) is 2.13. The fourth-order valence-corrected chi connectivity index (χ4v) is 4.53. The minimum absolute atomic E-state index is 0.504. The van der Waals surface area contributed by atoms with Gasteiger partial charge in [0, 0.05) is 11.6 Å². The molecule has 1 saturated carbocycles. The van der Waals surface area contributed by atoms with E-state index in [9.17, 15) is 0 Å². The number of hydrogen-bond acceptors (Lipinski definition) is 7. The highest BCUT2D eigenvalue weighted by atomic mass is 32.2. The fraction of sp³-hybridized carbons (Fsp3) is 0.263. The maximum absolute atomic E-state index is 5.45. The fourth-order valence-electron chi connectivity index (χ4n) is 2.98. The van der Waals surface area contributed by atoms with Gasteiger partial charge in [0.15, 0.2) is 11.0 Å². The van der Waals surface area contributed by atoms with E-state index in [1.165, 1.54) is 12.8 Å². The van der Waals surface area contributed by atoms with Crippen LogP contribution in [0, 0.1) is 6.92 Å². The van der Waals surface area contributed by atoms with Gasteiger partial charge in [0.1, 0.15) is 0 Å². The molecular weight excluding hydrogens is 378 g/mol. The Hall–Kier alpha value is -2.45. The number of rotatable bonds is 6. The predicted molar refractivity (Wildman–Crippen MR) is 106 cm³/mol. The molecule has 1 aromatic carbocycles. The minimum atomic E-state index is 0.504. The number of thioether (sulfide) groups is 1. The lowest BCUT2D eigenvalue weighted by atomic mass is 10.1. The number of benzene rings is 1. The van der Waals surface area contributed by atoms with Crippen molar-refractivity contribution in [2.75, 3.05) is 0 Å². The van der Waals surface area contributed by atoms with E-state index in [-0.39, 0.29) is 0 Å². The Morgan fingerprint density at radius 2 is 2.07 bits per heavy atom. The third-order valence-electron chi connectivity index (χ3n) is 4.50. The van der Waals surface area contributed by atoms with Crippen molar-refractivity contribution in [3.05, 3.63) is 53.2 Å². The minimum Gasteiger partial charge on any atom is -0.338 e. The molecule has 0 atom stereocenters. The Labute approximate surface area is 164 Å². The van der Waals surface area contributed by atoms with Gasteiger partial charge in [0.2, 0.25) is 11.7 Å². The van der Waals surface area contributed by atoms with Gasteiger partial charge >= 0.3 is 0 Å². The van der Waals surface area contributed by atoms with E-state index in [4.69, 9.17) is 4.52 Å². The van der Waals surface area contributed by atoms with Gasteiger partial charge in [-0.1, -0.05) is 47.3 Å². The van der Waals surface area contributed by atoms with Crippen LogP contribution in [0.5, 0.6) is 0 Å². The van der Waals surface area contributed by atoms with Gasteiger partial charge in [-0.3, -0.25) is 4.57 Å². The zero-order valence-electron chi connectivity index (χ0n) is 14.7. The van der Waals surface area contributed by atoms with Crippen LogP contribution in [-0.2, 0) is 5.75 Å². The summed E-state index contributed by atoms with van der Waals surface area (Å²) < 4.78 is 7.71. The average molecular weight is 396 g/mol. The van der Waals surface area contributed by atoms with Gasteiger partial charge in [0.05, 0.1) is 10.6 Å². The number of thiophene rings is 1. The third kappa shape index (κ3) is 3.30. The second-order valence-corrected chi connectivity index (χ2v) is 8.39. The Morgan fingerprint density at radius 3 is 2.85 bits per heavy atom. The summed E-state index contributed by atoms with van der Waals surface area (Å²) in [6.07, 6.45) is 2.37. The van der Waals surface area contributed by atoms with Gasteiger partial charge in [-0.2, -0.15) is 4.98 Å². The molecule has 136 valence electrons. The van der Waals surface area contributed by atoms with Crippen LogP contribution in [0.4, 0.5) is 0 Å². The topological polar surface area (TPSA) is 69.6 Å². The number of aromatic nitrogens is 5. The lowest BCUT2D eigenvalue weighted by Crippen LogP contribution is -1.99. The van der Waals surface area contributed by atoms with E-state index >= 15 is 0 Å². The van der Waals surface area contributed by atoms with Crippen molar-refractivity contribution >= 4 is 23.1 Å². The molecule has 6 nitrogen and oxygen atoms in total. The second kappa shape index (κ2) is 6.94. The first-order valence-electron chi connectivity index (χ1n) is 8.80. The quantitative estimate of drug-likeness (QED) is 0.428. The molecule has 4 aromatic rings. The van der Waals surface area contributed by atoms with Crippen LogP contribution in [0.2, 0.25) is 0 Å². The Kier molecular flexibility index (Phi) is 4.29. The van der Waals surface area contributed by atoms with Crippen LogP contribution in [0.25, 0.3) is 22.1 Å². The highest BCUT2D eigenvalue weighted by Gasteiger charge is 2.30. The molecule has 0 aliphatic heterocycles. The zero-order valence-corrected chi connectivity index (χ0v) is 16.3. The average Bonchev–Trinajstić information content (AvgIpc) is 3.10. The first kappa shape index (κ1) is 16.7. The van der Waals surface area contributed by atoms with Gasteiger partial charge in [-0.25, -0.2) is 0 Å². The van der Waals surface area contributed by atoms with Crippen molar-refractivity contribution in [2.45, 2.75) is 36.7 Å². The molecule has 27 heavy (non-hydrogen) atoms. The SMILES string of the molecule is Cc1ccccc1-c1noc(CSc2nnc(-c3cccs3)n2C2CC2)n1. The molecule has 0 amide bonds. The molecule has 5 rings (SSSR count). The lowest BCUT2D eigenvalue weighted by Gasteiger charge is -2.06. The van der Waals surface area contributed by atoms with Gasteiger partial charge < -0.3 is 4.52 Å². The van der Waals surface area contributed by atoms with Crippen molar-refractivity contribution in [3.8, 4) is 22.1 Å². The molecule has 3 heterocycles. The van der Waals surface area contributed by atoms with Crippen molar-refractivity contribution in [2.24, 2.45) is 0 Å². The van der Waals surface area contributed by atoms with Crippen LogP contribution in [0.15, 0.2) is 51.5 Å². The summed E-state index contributed by atoms with van der Waals surface area (Å²) in [7, 11) is 0. The summed E-state index contributed by atoms with van der Waals surface area (Å²) in [6.45, 7) is 2.05. The normalized spacial score (nSPS) is 14.0. The van der Waals surface area contributed by atoms with Crippen LogP contribution in [-0.4, -0.2) is 24.9 Å². The third-order valence-corrected chi connectivity index (χ3v) is 6.29. The summed E-state index contributed by atoms with van der Waals surface area (Å²) in [4.78, 5) is 5.70. The van der Waals surface area contributed by atoms with Crippen molar-refractivity contribution < 1.29 is 4.52 Å². The summed E-state index contributed by atoms with van der Waals surface area (Å²) >= 11 is 3.29. The Balaban J connectivity index is 1.36. The number of nitrogens with zero attached hydrogens (tertiary/aromatic N) is 5. The van der Waals surface area contributed by atoms with E-state index in [2.05, 4.69) is 36.4 Å². The zero-order chi connectivity index (χ0) is 18.2. The monoisotopic (exact) mass is 395 g/mol. The van der Waals surface area contributed by atoms with Crippen LogP contribution >= 0.6 is 23.1 Å². The molecular formula is C19H17N5OS2. The van der Waals surface area contributed by atoms with Gasteiger partial charge in [-0.15, -0.1) is 21.5 Å². The van der Waals surface area contributed by atoms with Crippen LogP contribution in [0.3, 0.4) is 0 Å². The van der Waals surface area contributed by atoms with E-state index in [0.29, 0.717) is 23.5 Å². The largest absolute Gasteiger partial charge is 0.338 e. The Morgan fingerprint density at radius 1 is 1.19 bits per heavy atom. The van der Waals surface area contributed by atoms with Gasteiger partial charge in [-0.05, 0) is 36.8 Å². The lowest BCUT2D eigenvalue weighted by molar-refractivity contribution is 0.391. The molecule has 1 fully saturated rings. The second-order valence-electron chi connectivity index (χ2n) is 6.50. The van der Waals surface area contributed by atoms with Crippen molar-refractivity contribution in [1.29, 1.82) is 0 Å². The standard InChI is InChI=1S/C19H17N5OS2/c1-12-5-2-3-6-14(12)17-20-16(25-23-17)11-27-19-22-21-18(15-7-4-10-26-15)24(19)13-8-9-13/h2-7,10,13H,8-9,11H2,1H3. The maximum atomic E-state index is 5.45. The van der Waals surface area contributed by atoms with Crippen molar-refractivity contribution in [3.63, 3.8) is 0 Å². The highest BCUT2D eigenvalue weighted by Crippen LogP contribution is 2.42. The molecule has 1 aliphatic rings. The smallest absolute Gasteiger partial charge is 0.237 e. The highest BCUT2D eigenvalue weighted by molar-refractivity contribution is 7.98. The first-order valence-corrected chi connectivity index (χ1v) is 10.7. The van der Waals surface area contributed by atoms with Crippen LogP contribution < -0.4 is 0 Å². The molecule has 0 unspecified atom stereocenters. The maximum Gasteiger partial charge on any atom is 0.237 e. The first-order chi connectivity index (χ1) is 13.3. The van der Waals surface area contributed by atoms with E-state index < -0.39 is 0 Å². The van der Waals surface area contributed by atoms with Crippen LogP contribution in [0.1, 0.15) is 30.3 Å². The number of hydrogen-bond donors (Lipinski definition) is 0. The van der Waals surface area contributed by atoms with Crippen molar-refractivity contribution in [1.82, 2.24) is 24.9 Å². The van der Waals surface area contributed by atoms with E-state index in [1.54, 1.807) is 23.1 Å². The summed E-state index contributed by atoms with van der Waals surface area (Å²) in [5.74, 6) is 2.77. The molecule has 0 N–H and O–H groups in total. The summed E-state index contributed by atoms with van der Waals surface area (Å²) in [5, 5.41) is 16.0. The molecule has 0 bridgehead atoms. The molecule has 0 radical (unpaired) electrons. The van der Waals surface area contributed by atoms with E-state index in [0.717, 1.165) is 27.0 Å². The summed E-state index contributed by atoms with van der Waals surface area (Å²) in [6, 6.07) is 12.7. The molecule has 3 aromatic heterocycles. The molecule has 8 heteroatoms. The Bertz CT molecular complexity index is 1070.